The van der Waals surface area contributed by atoms with Crippen molar-refractivity contribution >= 4 is 27.5 Å². The van der Waals surface area contributed by atoms with Crippen molar-refractivity contribution in [3.63, 3.8) is 0 Å². The van der Waals surface area contributed by atoms with Gasteiger partial charge < -0.3 is 20.7 Å². The molecule has 1 aliphatic rings. The van der Waals surface area contributed by atoms with Gasteiger partial charge in [0.1, 0.15) is 15.5 Å². The molecule has 0 aliphatic carbocycles. The van der Waals surface area contributed by atoms with Crippen molar-refractivity contribution in [3.05, 3.63) is 17.2 Å². The number of sulfone groups is 1. The SMILES string of the molecule is NC(=O)OC(CO)(c1nc(Cl)ncc1O)C1CCS(=O)(=O)CC1. The first kappa shape index (κ1) is 17.7. The standard InChI is InChI=1S/C12H16ClN3O6S/c13-10-15-5-8(18)9(16-10)12(6-17,22-11(14)19)7-1-3-23(20,21)4-2-7/h5,7,17-18H,1-4,6H2,(H2,14,19). The van der Waals surface area contributed by atoms with E-state index in [0.29, 0.717) is 0 Å². The highest BCUT2D eigenvalue weighted by molar-refractivity contribution is 7.91. The Morgan fingerprint density at radius 2 is 2.09 bits per heavy atom. The third-order valence-electron chi connectivity index (χ3n) is 3.87. The van der Waals surface area contributed by atoms with Crippen molar-refractivity contribution in [2.24, 2.45) is 11.7 Å². The Hall–Kier alpha value is -1.65. The Kier molecular flexibility index (Phi) is 4.97. The number of nitrogens with zero attached hydrogens (tertiary/aromatic N) is 2. The van der Waals surface area contributed by atoms with Crippen LogP contribution < -0.4 is 5.73 Å². The zero-order chi connectivity index (χ0) is 17.3. The average Bonchev–Trinajstić information content (AvgIpc) is 2.47. The van der Waals surface area contributed by atoms with Crippen molar-refractivity contribution in [1.29, 1.82) is 0 Å². The Balaban J connectivity index is 2.51. The first-order valence-corrected chi connectivity index (χ1v) is 8.92. The van der Waals surface area contributed by atoms with Gasteiger partial charge in [0, 0.05) is 5.92 Å². The van der Waals surface area contributed by atoms with E-state index in [1.165, 1.54) is 0 Å². The molecule has 1 aliphatic heterocycles. The van der Waals surface area contributed by atoms with Gasteiger partial charge in [0.25, 0.3) is 0 Å². The highest BCUT2D eigenvalue weighted by Gasteiger charge is 2.49. The van der Waals surface area contributed by atoms with Crippen LogP contribution in [0, 0.1) is 5.92 Å². The van der Waals surface area contributed by atoms with Crippen LogP contribution in [-0.4, -0.2) is 52.8 Å². The third kappa shape index (κ3) is 3.65. The van der Waals surface area contributed by atoms with E-state index in [9.17, 15) is 23.4 Å². The van der Waals surface area contributed by atoms with Crippen molar-refractivity contribution in [2.75, 3.05) is 18.1 Å². The molecule has 0 radical (unpaired) electrons. The van der Waals surface area contributed by atoms with Gasteiger partial charge in [0.05, 0.1) is 24.3 Å². The predicted molar refractivity (Wildman–Crippen MR) is 79.5 cm³/mol. The van der Waals surface area contributed by atoms with Gasteiger partial charge in [-0.25, -0.2) is 23.2 Å². The number of amides is 1. The summed E-state index contributed by atoms with van der Waals surface area (Å²) < 4.78 is 28.3. The maximum absolute atomic E-state index is 11.6. The van der Waals surface area contributed by atoms with E-state index >= 15 is 0 Å². The second kappa shape index (κ2) is 6.46. The molecule has 9 nitrogen and oxygen atoms in total. The summed E-state index contributed by atoms with van der Waals surface area (Å²) in [6.45, 7) is -0.748. The summed E-state index contributed by atoms with van der Waals surface area (Å²) in [7, 11) is -3.19. The van der Waals surface area contributed by atoms with Gasteiger partial charge in [0.15, 0.2) is 11.4 Å². The molecular weight excluding hydrogens is 350 g/mol. The number of rotatable bonds is 4. The highest BCUT2D eigenvalue weighted by atomic mass is 35.5. The number of halogens is 1. The summed E-state index contributed by atoms with van der Waals surface area (Å²) >= 11 is 5.72. The van der Waals surface area contributed by atoms with Gasteiger partial charge in [-0.2, -0.15) is 0 Å². The Labute approximate surface area is 137 Å². The molecule has 0 bridgehead atoms. The van der Waals surface area contributed by atoms with Gasteiger partial charge in [-0.1, -0.05) is 0 Å². The van der Waals surface area contributed by atoms with Crippen LogP contribution in [0.15, 0.2) is 6.20 Å². The van der Waals surface area contributed by atoms with Crippen LogP contribution in [0.2, 0.25) is 5.28 Å². The molecule has 1 saturated heterocycles. The topological polar surface area (TPSA) is 153 Å². The number of aromatic hydroxyl groups is 1. The largest absolute Gasteiger partial charge is 0.504 e. The lowest BCUT2D eigenvalue weighted by Gasteiger charge is -2.39. The van der Waals surface area contributed by atoms with Crippen LogP contribution in [0.5, 0.6) is 5.75 Å². The molecule has 1 amide bonds. The monoisotopic (exact) mass is 365 g/mol. The lowest BCUT2D eigenvalue weighted by atomic mass is 9.80. The molecule has 128 valence electrons. The number of nitrogens with two attached hydrogens (primary N) is 1. The molecule has 2 rings (SSSR count). The molecule has 0 aromatic carbocycles. The summed E-state index contributed by atoms with van der Waals surface area (Å²) in [5, 5.41) is 19.7. The zero-order valence-corrected chi connectivity index (χ0v) is 13.5. The van der Waals surface area contributed by atoms with Crippen LogP contribution >= 0.6 is 11.6 Å². The fraction of sp³-hybridized carbons (Fsp3) is 0.583. The summed E-state index contributed by atoms with van der Waals surface area (Å²) in [5.74, 6) is -1.33. The van der Waals surface area contributed by atoms with Gasteiger partial charge >= 0.3 is 6.09 Å². The predicted octanol–water partition coefficient (Wildman–Crippen LogP) is -0.0567. The number of hydrogen-bond acceptors (Lipinski definition) is 8. The summed E-state index contributed by atoms with van der Waals surface area (Å²) in [5.41, 5.74) is 3.09. The minimum atomic E-state index is -3.19. The van der Waals surface area contributed by atoms with E-state index in [1.807, 2.05) is 0 Å². The van der Waals surface area contributed by atoms with E-state index in [0.717, 1.165) is 6.20 Å². The van der Waals surface area contributed by atoms with E-state index in [4.69, 9.17) is 22.1 Å². The van der Waals surface area contributed by atoms with E-state index < -0.39 is 39.8 Å². The number of carbonyl (C=O) groups is 1. The summed E-state index contributed by atoms with van der Waals surface area (Å²) in [6, 6.07) is 0. The minimum Gasteiger partial charge on any atom is -0.504 e. The summed E-state index contributed by atoms with van der Waals surface area (Å²) in [6.07, 6.45) is 0.0228. The number of aromatic nitrogens is 2. The molecule has 0 spiro atoms. The molecule has 2 heterocycles. The van der Waals surface area contributed by atoms with Crippen molar-refractivity contribution < 1.29 is 28.2 Å². The number of primary amides is 1. The number of hydrogen-bond donors (Lipinski definition) is 3. The normalized spacial score (nSPS) is 20.6. The second-order valence-corrected chi connectivity index (χ2v) is 7.91. The molecule has 11 heteroatoms. The van der Waals surface area contributed by atoms with Crippen molar-refractivity contribution in [3.8, 4) is 5.75 Å². The molecule has 1 atom stereocenters. The second-order valence-electron chi connectivity index (χ2n) is 5.27. The molecule has 1 unspecified atom stereocenters. The molecule has 0 saturated carbocycles. The van der Waals surface area contributed by atoms with Crippen LogP contribution in [0.3, 0.4) is 0 Å². The highest BCUT2D eigenvalue weighted by Crippen LogP contribution is 2.42. The Bertz CT molecular complexity index is 699. The lowest BCUT2D eigenvalue weighted by molar-refractivity contribution is -0.0811. The maximum Gasteiger partial charge on any atom is 0.405 e. The van der Waals surface area contributed by atoms with E-state index in [1.54, 1.807) is 0 Å². The van der Waals surface area contributed by atoms with Crippen LogP contribution in [0.1, 0.15) is 18.5 Å². The van der Waals surface area contributed by atoms with E-state index in [2.05, 4.69) is 9.97 Å². The smallest absolute Gasteiger partial charge is 0.405 e. The molecule has 4 N–H and O–H groups in total. The Morgan fingerprint density at radius 1 is 1.48 bits per heavy atom. The van der Waals surface area contributed by atoms with E-state index in [-0.39, 0.29) is 35.3 Å². The number of aliphatic hydroxyl groups excluding tert-OH is 1. The minimum absolute atomic E-state index is 0.108. The maximum atomic E-state index is 11.6. The Morgan fingerprint density at radius 3 is 2.61 bits per heavy atom. The van der Waals surface area contributed by atoms with Crippen LogP contribution in [0.4, 0.5) is 4.79 Å². The number of carbonyl (C=O) groups excluding carboxylic acids is 1. The fourth-order valence-electron chi connectivity index (χ4n) is 2.76. The van der Waals surface area contributed by atoms with Gasteiger partial charge in [-0.15, -0.1) is 0 Å². The average molecular weight is 366 g/mol. The van der Waals surface area contributed by atoms with Crippen molar-refractivity contribution in [1.82, 2.24) is 9.97 Å². The quantitative estimate of drug-likeness (QED) is 0.627. The summed E-state index contributed by atoms with van der Waals surface area (Å²) in [4.78, 5) is 18.8. The number of aliphatic hydroxyl groups is 1. The molecule has 1 aromatic rings. The molecule has 23 heavy (non-hydrogen) atoms. The van der Waals surface area contributed by atoms with Gasteiger partial charge in [0.2, 0.25) is 5.28 Å². The third-order valence-corrected chi connectivity index (χ3v) is 5.77. The van der Waals surface area contributed by atoms with Gasteiger partial charge in [-0.05, 0) is 24.4 Å². The number of ether oxygens (including phenoxy) is 1. The first-order valence-electron chi connectivity index (χ1n) is 6.72. The first-order chi connectivity index (χ1) is 10.7. The zero-order valence-electron chi connectivity index (χ0n) is 12.0. The van der Waals surface area contributed by atoms with Crippen LogP contribution in [0.25, 0.3) is 0 Å². The fourth-order valence-corrected chi connectivity index (χ4v) is 4.39. The molecule has 1 aromatic heterocycles. The van der Waals surface area contributed by atoms with Crippen LogP contribution in [-0.2, 0) is 20.2 Å². The van der Waals surface area contributed by atoms with Gasteiger partial charge in [-0.3, -0.25) is 0 Å². The molecule has 1 fully saturated rings. The van der Waals surface area contributed by atoms with Crippen molar-refractivity contribution in [2.45, 2.75) is 18.4 Å². The lowest BCUT2D eigenvalue weighted by Crippen LogP contribution is -2.48. The molecular formula is C12H16ClN3O6S.